The third-order valence-electron chi connectivity index (χ3n) is 2.83. The van der Waals surface area contributed by atoms with E-state index >= 15 is 0 Å². The highest BCUT2D eigenvalue weighted by molar-refractivity contribution is 5.23. The van der Waals surface area contributed by atoms with Crippen LogP contribution >= 0.6 is 0 Å². The van der Waals surface area contributed by atoms with Gasteiger partial charge in [-0.1, -0.05) is 35.0 Å². The van der Waals surface area contributed by atoms with Crippen LogP contribution in [0.4, 0.5) is 0 Å². The fourth-order valence-electron chi connectivity index (χ4n) is 1.83. The van der Waals surface area contributed by atoms with Gasteiger partial charge in [0.15, 0.2) is 11.6 Å². The van der Waals surface area contributed by atoms with Gasteiger partial charge >= 0.3 is 0 Å². The monoisotopic (exact) mass is 270 g/mol. The molecule has 0 aliphatic rings. The molecule has 0 aliphatic carbocycles. The second kappa shape index (κ2) is 5.20. The molecule has 0 radical (unpaired) electrons. The zero-order valence-electron chi connectivity index (χ0n) is 11.3. The Kier molecular flexibility index (Phi) is 3.24. The molecule has 0 aliphatic heterocycles. The summed E-state index contributed by atoms with van der Waals surface area (Å²) < 4.78 is 4.90. The summed E-state index contributed by atoms with van der Waals surface area (Å²) in [5, 5.41) is 16.1. The molecule has 102 valence electrons. The molecule has 0 spiro atoms. The smallest absolute Gasteiger partial charge is 0.223 e. The minimum Gasteiger partial charge on any atom is -0.340 e. The maximum Gasteiger partial charge on any atom is 0.223 e. The van der Waals surface area contributed by atoms with Crippen LogP contribution in [0.2, 0.25) is 0 Å². The maximum atomic E-state index is 4.90. The molecule has 1 aromatic carbocycles. The van der Waals surface area contributed by atoms with Crippen LogP contribution in [-0.2, 0) is 13.0 Å². The van der Waals surface area contributed by atoms with Crippen LogP contribution in [0.1, 0.15) is 28.7 Å². The number of benzene rings is 1. The van der Waals surface area contributed by atoms with Gasteiger partial charge in [-0.05, 0) is 17.7 Å². The third kappa shape index (κ3) is 2.87. The van der Waals surface area contributed by atoms with Crippen LogP contribution in [-0.4, -0.2) is 30.3 Å². The molecule has 7 heteroatoms. The van der Waals surface area contributed by atoms with Crippen molar-refractivity contribution in [1.82, 2.24) is 30.3 Å². The van der Waals surface area contributed by atoms with E-state index in [1.54, 1.807) is 6.92 Å². The molecular formula is C13H14N6O. The van der Waals surface area contributed by atoms with E-state index in [0.717, 1.165) is 5.56 Å². The lowest BCUT2D eigenvalue weighted by atomic mass is 10.1. The summed E-state index contributed by atoms with van der Waals surface area (Å²) in [6.45, 7) is 4.16. The summed E-state index contributed by atoms with van der Waals surface area (Å²) in [6, 6.07) is 8.28. The standard InChI is InChI=1S/C13H14N6O/c1-9-3-5-11(6-4-9)7-12-15-18-19(16-12)8-13-14-10(2)20-17-13/h3-6H,7-8H2,1-2H3. The molecule has 3 aromatic rings. The molecule has 2 heterocycles. The largest absolute Gasteiger partial charge is 0.340 e. The van der Waals surface area contributed by atoms with E-state index in [9.17, 15) is 0 Å². The highest BCUT2D eigenvalue weighted by atomic mass is 16.5. The second-order valence-corrected chi connectivity index (χ2v) is 4.63. The Hall–Kier alpha value is -2.57. The molecule has 0 saturated carbocycles. The van der Waals surface area contributed by atoms with Gasteiger partial charge in [0.2, 0.25) is 5.89 Å². The number of rotatable bonds is 4. The highest BCUT2D eigenvalue weighted by Gasteiger charge is 2.08. The van der Waals surface area contributed by atoms with Crippen molar-refractivity contribution in [2.45, 2.75) is 26.8 Å². The Morgan fingerprint density at radius 2 is 1.90 bits per heavy atom. The minimum absolute atomic E-state index is 0.359. The molecule has 7 nitrogen and oxygen atoms in total. The van der Waals surface area contributed by atoms with Crippen LogP contribution in [0, 0.1) is 13.8 Å². The van der Waals surface area contributed by atoms with Crippen molar-refractivity contribution in [3.8, 4) is 0 Å². The Morgan fingerprint density at radius 3 is 2.60 bits per heavy atom. The minimum atomic E-state index is 0.359. The summed E-state index contributed by atoms with van der Waals surface area (Å²) in [4.78, 5) is 5.57. The fourth-order valence-corrected chi connectivity index (χ4v) is 1.83. The normalized spacial score (nSPS) is 10.9. The van der Waals surface area contributed by atoms with Gasteiger partial charge in [-0.15, -0.1) is 10.2 Å². The van der Waals surface area contributed by atoms with Crippen LogP contribution < -0.4 is 0 Å². The Bertz CT molecular complexity index is 700. The number of tetrazole rings is 1. The quantitative estimate of drug-likeness (QED) is 0.711. The zero-order chi connectivity index (χ0) is 13.9. The molecule has 0 bridgehead atoms. The lowest BCUT2D eigenvalue weighted by molar-refractivity contribution is 0.383. The lowest BCUT2D eigenvalue weighted by Crippen LogP contribution is -2.06. The maximum absolute atomic E-state index is 4.90. The average Bonchev–Trinajstić information content (AvgIpc) is 3.02. The first-order chi connectivity index (χ1) is 9.69. The van der Waals surface area contributed by atoms with Crippen LogP contribution in [0.15, 0.2) is 28.8 Å². The van der Waals surface area contributed by atoms with Crippen LogP contribution in [0.5, 0.6) is 0 Å². The summed E-state index contributed by atoms with van der Waals surface area (Å²) in [6.07, 6.45) is 0.658. The molecule has 0 unspecified atom stereocenters. The molecule has 0 atom stereocenters. The molecule has 0 amide bonds. The van der Waals surface area contributed by atoms with E-state index in [1.165, 1.54) is 10.4 Å². The number of nitrogens with zero attached hydrogens (tertiary/aromatic N) is 6. The second-order valence-electron chi connectivity index (χ2n) is 4.63. The number of aromatic nitrogens is 6. The van der Waals surface area contributed by atoms with Crippen molar-refractivity contribution >= 4 is 0 Å². The van der Waals surface area contributed by atoms with Gasteiger partial charge in [0.1, 0.15) is 6.54 Å². The van der Waals surface area contributed by atoms with Gasteiger partial charge in [0, 0.05) is 13.3 Å². The van der Waals surface area contributed by atoms with Crippen molar-refractivity contribution in [1.29, 1.82) is 0 Å². The van der Waals surface area contributed by atoms with E-state index in [0.29, 0.717) is 30.5 Å². The molecule has 0 N–H and O–H groups in total. The summed E-state index contributed by atoms with van der Waals surface area (Å²) in [5.74, 6) is 1.75. The summed E-state index contributed by atoms with van der Waals surface area (Å²) >= 11 is 0. The SMILES string of the molecule is Cc1ccc(Cc2nnn(Cc3noc(C)n3)n2)cc1. The molecule has 3 rings (SSSR count). The van der Waals surface area contributed by atoms with E-state index in [1.807, 2.05) is 0 Å². The first kappa shape index (κ1) is 12.5. The summed E-state index contributed by atoms with van der Waals surface area (Å²) in [5.41, 5.74) is 2.39. The summed E-state index contributed by atoms with van der Waals surface area (Å²) in [7, 11) is 0. The number of hydrogen-bond donors (Lipinski definition) is 0. The molecule has 0 saturated heterocycles. The Labute approximate surface area is 115 Å². The van der Waals surface area contributed by atoms with Gasteiger partial charge in [-0.2, -0.15) is 9.78 Å². The van der Waals surface area contributed by atoms with Crippen molar-refractivity contribution in [3.05, 3.63) is 52.9 Å². The molecular weight excluding hydrogens is 256 g/mol. The van der Waals surface area contributed by atoms with E-state index in [4.69, 9.17) is 4.52 Å². The van der Waals surface area contributed by atoms with Gasteiger partial charge in [-0.3, -0.25) is 0 Å². The van der Waals surface area contributed by atoms with Crippen LogP contribution in [0.25, 0.3) is 0 Å². The van der Waals surface area contributed by atoms with Gasteiger partial charge in [0.05, 0.1) is 0 Å². The van der Waals surface area contributed by atoms with Crippen molar-refractivity contribution in [2.24, 2.45) is 0 Å². The van der Waals surface area contributed by atoms with E-state index in [2.05, 4.69) is 56.7 Å². The molecule has 20 heavy (non-hydrogen) atoms. The van der Waals surface area contributed by atoms with Gasteiger partial charge < -0.3 is 4.52 Å². The third-order valence-corrected chi connectivity index (χ3v) is 2.83. The topological polar surface area (TPSA) is 82.5 Å². The fraction of sp³-hybridized carbons (Fsp3) is 0.308. The van der Waals surface area contributed by atoms with E-state index in [-0.39, 0.29) is 0 Å². The predicted molar refractivity (Wildman–Crippen MR) is 69.9 cm³/mol. The molecule has 0 fully saturated rings. The Balaban J connectivity index is 1.68. The van der Waals surface area contributed by atoms with Gasteiger partial charge in [-0.25, -0.2) is 0 Å². The first-order valence-electron chi connectivity index (χ1n) is 6.30. The predicted octanol–water partition coefficient (Wildman–Crippen LogP) is 1.31. The van der Waals surface area contributed by atoms with E-state index < -0.39 is 0 Å². The van der Waals surface area contributed by atoms with Crippen LogP contribution in [0.3, 0.4) is 0 Å². The van der Waals surface area contributed by atoms with Crippen molar-refractivity contribution in [3.63, 3.8) is 0 Å². The lowest BCUT2D eigenvalue weighted by Gasteiger charge is -1.97. The zero-order valence-corrected chi connectivity index (χ0v) is 11.3. The number of hydrogen-bond acceptors (Lipinski definition) is 6. The highest BCUT2D eigenvalue weighted by Crippen LogP contribution is 2.07. The molecule has 2 aromatic heterocycles. The van der Waals surface area contributed by atoms with Gasteiger partial charge in [0.25, 0.3) is 0 Å². The van der Waals surface area contributed by atoms with Crippen molar-refractivity contribution in [2.75, 3.05) is 0 Å². The van der Waals surface area contributed by atoms with Crippen molar-refractivity contribution < 1.29 is 4.52 Å². The average molecular weight is 270 g/mol. The number of aryl methyl sites for hydroxylation is 2. The first-order valence-corrected chi connectivity index (χ1v) is 6.30. The Morgan fingerprint density at radius 1 is 1.10 bits per heavy atom.